The van der Waals surface area contributed by atoms with E-state index in [0.29, 0.717) is 0 Å². The van der Waals surface area contributed by atoms with E-state index in [0.717, 1.165) is 30.6 Å². The molecule has 0 radical (unpaired) electrons. The molecule has 1 aliphatic heterocycles. The fourth-order valence-corrected chi connectivity index (χ4v) is 3.26. The Morgan fingerprint density at radius 2 is 1.95 bits per heavy atom. The molecule has 0 saturated carbocycles. The van der Waals surface area contributed by atoms with Gasteiger partial charge in [-0.25, -0.2) is 4.98 Å². The minimum absolute atomic E-state index is 0.0504. The molecule has 0 unspecified atom stereocenters. The molecular formula is C14H26N4S. The standard InChI is InChI=1S/C14H26N4S/c1-5-7-17-8-6-9-18(11-10-17)13-15-12(16-19-13)14(2,3)4/h5-11H2,1-4H3. The monoisotopic (exact) mass is 282 g/mol. The predicted octanol–water partition coefficient (Wildman–Crippen LogP) is 2.76. The Morgan fingerprint density at radius 1 is 1.16 bits per heavy atom. The van der Waals surface area contributed by atoms with E-state index in [-0.39, 0.29) is 5.41 Å². The molecule has 0 atom stereocenters. The van der Waals surface area contributed by atoms with E-state index in [2.05, 4.69) is 41.9 Å². The average molecular weight is 282 g/mol. The molecule has 1 aromatic heterocycles. The van der Waals surface area contributed by atoms with Crippen molar-refractivity contribution in [2.45, 2.75) is 46.0 Å². The maximum Gasteiger partial charge on any atom is 0.205 e. The van der Waals surface area contributed by atoms with Crippen molar-refractivity contribution >= 4 is 16.7 Å². The number of hydrogen-bond acceptors (Lipinski definition) is 5. The van der Waals surface area contributed by atoms with Crippen molar-refractivity contribution in [3.8, 4) is 0 Å². The van der Waals surface area contributed by atoms with E-state index in [1.807, 2.05) is 0 Å². The van der Waals surface area contributed by atoms with Crippen LogP contribution in [0.2, 0.25) is 0 Å². The molecule has 2 heterocycles. The van der Waals surface area contributed by atoms with Crippen LogP contribution in [-0.2, 0) is 5.41 Å². The molecule has 5 heteroatoms. The lowest BCUT2D eigenvalue weighted by Crippen LogP contribution is -2.31. The second-order valence-corrected chi connectivity index (χ2v) is 7.06. The summed E-state index contributed by atoms with van der Waals surface area (Å²) in [6.07, 6.45) is 2.47. The minimum atomic E-state index is 0.0504. The van der Waals surface area contributed by atoms with Crippen LogP contribution in [0.15, 0.2) is 0 Å². The van der Waals surface area contributed by atoms with Gasteiger partial charge in [-0.15, -0.1) is 0 Å². The number of anilines is 1. The van der Waals surface area contributed by atoms with Gasteiger partial charge in [-0.2, -0.15) is 4.37 Å². The molecule has 1 aromatic rings. The maximum atomic E-state index is 4.73. The molecule has 108 valence electrons. The zero-order valence-electron chi connectivity index (χ0n) is 12.6. The summed E-state index contributed by atoms with van der Waals surface area (Å²) < 4.78 is 4.52. The summed E-state index contributed by atoms with van der Waals surface area (Å²) in [6, 6.07) is 0. The molecule has 0 bridgehead atoms. The zero-order chi connectivity index (χ0) is 13.9. The summed E-state index contributed by atoms with van der Waals surface area (Å²) in [4.78, 5) is 9.70. The Bertz CT molecular complexity index is 396. The highest BCUT2D eigenvalue weighted by Crippen LogP contribution is 2.25. The van der Waals surface area contributed by atoms with Crippen LogP contribution in [0, 0.1) is 0 Å². The molecule has 1 aliphatic rings. The lowest BCUT2D eigenvalue weighted by Gasteiger charge is -2.20. The van der Waals surface area contributed by atoms with E-state index < -0.39 is 0 Å². The third-order valence-corrected chi connectivity index (χ3v) is 4.26. The normalized spacial score (nSPS) is 18.6. The van der Waals surface area contributed by atoms with Crippen LogP contribution in [-0.4, -0.2) is 47.0 Å². The lowest BCUT2D eigenvalue weighted by molar-refractivity contribution is 0.294. The van der Waals surface area contributed by atoms with Crippen molar-refractivity contribution < 1.29 is 0 Å². The number of nitrogens with zero attached hydrogens (tertiary/aromatic N) is 4. The second kappa shape index (κ2) is 6.18. The Morgan fingerprint density at radius 3 is 2.58 bits per heavy atom. The SMILES string of the molecule is CCCN1CCCN(c2nc(C(C)(C)C)ns2)CC1. The molecule has 0 spiro atoms. The van der Waals surface area contributed by atoms with Crippen molar-refractivity contribution in [1.29, 1.82) is 0 Å². The van der Waals surface area contributed by atoms with Crippen LogP contribution >= 0.6 is 11.5 Å². The van der Waals surface area contributed by atoms with E-state index in [4.69, 9.17) is 4.98 Å². The molecule has 0 aliphatic carbocycles. The van der Waals surface area contributed by atoms with Gasteiger partial charge in [0.15, 0.2) is 0 Å². The largest absolute Gasteiger partial charge is 0.346 e. The van der Waals surface area contributed by atoms with Gasteiger partial charge in [0, 0.05) is 36.6 Å². The topological polar surface area (TPSA) is 32.3 Å². The second-order valence-electron chi connectivity index (χ2n) is 6.33. The van der Waals surface area contributed by atoms with Crippen molar-refractivity contribution in [2.24, 2.45) is 0 Å². The molecule has 4 nitrogen and oxygen atoms in total. The van der Waals surface area contributed by atoms with Crippen molar-refractivity contribution in [2.75, 3.05) is 37.6 Å². The van der Waals surface area contributed by atoms with Gasteiger partial charge in [-0.3, -0.25) is 0 Å². The Labute approximate surface area is 121 Å². The molecule has 0 amide bonds. The number of hydrogen-bond donors (Lipinski definition) is 0. The fraction of sp³-hybridized carbons (Fsp3) is 0.857. The van der Waals surface area contributed by atoms with Crippen LogP contribution in [0.25, 0.3) is 0 Å². The third-order valence-electron chi connectivity index (χ3n) is 3.49. The molecule has 1 fully saturated rings. The van der Waals surface area contributed by atoms with Crippen LogP contribution in [0.1, 0.15) is 46.4 Å². The van der Waals surface area contributed by atoms with Crippen LogP contribution in [0.4, 0.5) is 5.13 Å². The van der Waals surface area contributed by atoms with Gasteiger partial charge in [-0.1, -0.05) is 27.7 Å². The first-order valence-corrected chi connectivity index (χ1v) is 8.09. The lowest BCUT2D eigenvalue weighted by atomic mass is 9.96. The highest BCUT2D eigenvalue weighted by molar-refractivity contribution is 7.09. The van der Waals surface area contributed by atoms with Gasteiger partial charge in [0.2, 0.25) is 5.13 Å². The Kier molecular flexibility index (Phi) is 4.79. The molecule has 19 heavy (non-hydrogen) atoms. The van der Waals surface area contributed by atoms with Crippen LogP contribution in [0.3, 0.4) is 0 Å². The first kappa shape index (κ1) is 14.7. The quantitative estimate of drug-likeness (QED) is 0.853. The molecule has 0 aromatic carbocycles. The summed E-state index contributed by atoms with van der Waals surface area (Å²) in [6.45, 7) is 14.5. The van der Waals surface area contributed by atoms with Crippen molar-refractivity contribution in [3.05, 3.63) is 5.82 Å². The highest BCUT2D eigenvalue weighted by atomic mass is 32.1. The first-order valence-electron chi connectivity index (χ1n) is 7.32. The summed E-state index contributed by atoms with van der Waals surface area (Å²) in [7, 11) is 0. The van der Waals surface area contributed by atoms with Gasteiger partial charge in [0.05, 0.1) is 0 Å². The van der Waals surface area contributed by atoms with Gasteiger partial charge in [-0.05, 0) is 25.9 Å². The van der Waals surface area contributed by atoms with E-state index >= 15 is 0 Å². The summed E-state index contributed by atoms with van der Waals surface area (Å²) in [5.74, 6) is 0.974. The van der Waals surface area contributed by atoms with Crippen LogP contribution < -0.4 is 4.90 Å². The molecular weight excluding hydrogens is 256 g/mol. The smallest absolute Gasteiger partial charge is 0.205 e. The predicted molar refractivity (Wildman–Crippen MR) is 82.2 cm³/mol. The third kappa shape index (κ3) is 3.89. The molecule has 0 N–H and O–H groups in total. The van der Waals surface area contributed by atoms with Gasteiger partial charge < -0.3 is 9.80 Å². The Balaban J connectivity index is 2.00. The van der Waals surface area contributed by atoms with Crippen molar-refractivity contribution in [3.63, 3.8) is 0 Å². The summed E-state index contributed by atoms with van der Waals surface area (Å²) in [5, 5.41) is 1.10. The highest BCUT2D eigenvalue weighted by Gasteiger charge is 2.22. The number of rotatable bonds is 3. The van der Waals surface area contributed by atoms with Crippen molar-refractivity contribution in [1.82, 2.24) is 14.3 Å². The van der Waals surface area contributed by atoms with Gasteiger partial charge >= 0.3 is 0 Å². The molecule has 1 saturated heterocycles. The first-order chi connectivity index (χ1) is 9.00. The van der Waals surface area contributed by atoms with E-state index in [1.54, 1.807) is 11.5 Å². The minimum Gasteiger partial charge on any atom is -0.346 e. The fourth-order valence-electron chi connectivity index (χ4n) is 2.35. The number of aromatic nitrogens is 2. The van der Waals surface area contributed by atoms with E-state index in [1.165, 1.54) is 25.9 Å². The van der Waals surface area contributed by atoms with Gasteiger partial charge in [0.1, 0.15) is 5.82 Å². The zero-order valence-corrected chi connectivity index (χ0v) is 13.5. The maximum absolute atomic E-state index is 4.73. The van der Waals surface area contributed by atoms with E-state index in [9.17, 15) is 0 Å². The van der Waals surface area contributed by atoms with Crippen LogP contribution in [0.5, 0.6) is 0 Å². The Hall–Kier alpha value is -0.680. The average Bonchev–Trinajstić information content (AvgIpc) is 2.72. The van der Waals surface area contributed by atoms with Gasteiger partial charge in [0.25, 0.3) is 0 Å². The summed E-state index contributed by atoms with van der Waals surface area (Å²) in [5.41, 5.74) is 0.0504. The molecule has 2 rings (SSSR count). The summed E-state index contributed by atoms with van der Waals surface area (Å²) >= 11 is 1.55.